The van der Waals surface area contributed by atoms with Crippen LogP contribution in [-0.4, -0.2) is 19.7 Å². The normalized spacial score (nSPS) is 10.9. The van der Waals surface area contributed by atoms with Crippen LogP contribution in [0.15, 0.2) is 29.2 Å². The van der Waals surface area contributed by atoms with E-state index in [1.54, 1.807) is 19.1 Å². The van der Waals surface area contributed by atoms with Gasteiger partial charge in [0.25, 0.3) is 0 Å². The molecule has 0 fully saturated rings. The summed E-state index contributed by atoms with van der Waals surface area (Å²) < 4.78 is 26.1. The van der Waals surface area contributed by atoms with Gasteiger partial charge in [-0.25, -0.2) is 4.79 Å². The van der Waals surface area contributed by atoms with Gasteiger partial charge >= 0.3 is 16.3 Å². The second-order valence-electron chi connectivity index (χ2n) is 2.62. The van der Waals surface area contributed by atoms with Gasteiger partial charge in [0, 0.05) is 0 Å². The smallest absolute Gasteiger partial charge is 0.449 e. The predicted molar refractivity (Wildman–Crippen MR) is 47.5 cm³/mol. The highest BCUT2D eigenvalue weighted by atomic mass is 32.2. The van der Waals surface area contributed by atoms with Gasteiger partial charge in [0.05, 0.1) is 0 Å². The zero-order valence-corrected chi connectivity index (χ0v) is 8.11. The first kappa shape index (κ1) is 10.5. The van der Waals surface area contributed by atoms with E-state index >= 15 is 0 Å². The average molecular weight is 216 g/mol. The molecule has 1 aromatic rings. The number of rotatable bonds is 2. The molecule has 0 aliphatic heterocycles. The minimum Gasteiger partial charge on any atom is -0.449 e. The summed E-state index contributed by atoms with van der Waals surface area (Å²) in [5.41, 5.74) is 0.874. The highest BCUT2D eigenvalue weighted by Gasteiger charge is 2.18. The molecule has 0 saturated heterocycles. The number of carboxylic acid groups (broad SMARTS) is 1. The fourth-order valence-electron chi connectivity index (χ4n) is 0.847. The standard InChI is InChI=1S/C8H8O5S/c1-6-2-4-7(5-3-6)14(11,12)13-8(9)10/h2-5H,1H3,(H,9,10). The van der Waals surface area contributed by atoms with Crippen molar-refractivity contribution in [2.45, 2.75) is 11.8 Å². The third kappa shape index (κ3) is 2.46. The third-order valence-electron chi connectivity index (χ3n) is 1.49. The summed E-state index contributed by atoms with van der Waals surface area (Å²) in [6.07, 6.45) is -1.84. The van der Waals surface area contributed by atoms with Crippen molar-refractivity contribution in [2.24, 2.45) is 0 Å². The molecule has 0 aliphatic carbocycles. The number of hydrogen-bond acceptors (Lipinski definition) is 4. The van der Waals surface area contributed by atoms with Gasteiger partial charge in [-0.15, -0.1) is 0 Å². The second-order valence-corrected chi connectivity index (χ2v) is 4.16. The first-order chi connectivity index (χ1) is 6.42. The van der Waals surface area contributed by atoms with Crippen LogP contribution in [0.2, 0.25) is 0 Å². The fourth-order valence-corrected chi connectivity index (χ4v) is 1.60. The van der Waals surface area contributed by atoms with Crippen LogP contribution in [0.5, 0.6) is 0 Å². The third-order valence-corrected chi connectivity index (χ3v) is 2.70. The van der Waals surface area contributed by atoms with Crippen molar-refractivity contribution in [3.63, 3.8) is 0 Å². The Morgan fingerprint density at radius 2 is 1.79 bits per heavy atom. The summed E-state index contributed by atoms with van der Waals surface area (Å²) in [4.78, 5) is 9.88. The van der Waals surface area contributed by atoms with Crippen molar-refractivity contribution < 1.29 is 22.5 Å². The molecular formula is C8H8O5S. The van der Waals surface area contributed by atoms with E-state index in [0.717, 1.165) is 5.56 Å². The molecule has 0 aromatic heterocycles. The highest BCUT2D eigenvalue weighted by Crippen LogP contribution is 2.12. The van der Waals surface area contributed by atoms with E-state index < -0.39 is 16.3 Å². The van der Waals surface area contributed by atoms with E-state index in [1.807, 2.05) is 0 Å². The zero-order valence-electron chi connectivity index (χ0n) is 7.30. The number of aryl methyl sites for hydroxylation is 1. The maximum absolute atomic E-state index is 11.2. The molecule has 1 N–H and O–H groups in total. The molecule has 76 valence electrons. The van der Waals surface area contributed by atoms with E-state index in [9.17, 15) is 13.2 Å². The van der Waals surface area contributed by atoms with Crippen molar-refractivity contribution in [1.29, 1.82) is 0 Å². The van der Waals surface area contributed by atoms with Crippen molar-refractivity contribution >= 4 is 16.3 Å². The van der Waals surface area contributed by atoms with Crippen LogP contribution in [0.25, 0.3) is 0 Å². The molecule has 0 atom stereocenters. The van der Waals surface area contributed by atoms with E-state index in [0.29, 0.717) is 0 Å². The van der Waals surface area contributed by atoms with Crippen molar-refractivity contribution in [3.05, 3.63) is 29.8 Å². The molecule has 0 amide bonds. The Kier molecular flexibility index (Phi) is 2.76. The Labute approximate surface area is 81.1 Å². The van der Waals surface area contributed by atoms with Crippen LogP contribution < -0.4 is 0 Å². The predicted octanol–water partition coefficient (Wildman–Crippen LogP) is 1.38. The lowest BCUT2D eigenvalue weighted by Crippen LogP contribution is -2.10. The average Bonchev–Trinajstić information content (AvgIpc) is 2.02. The second kappa shape index (κ2) is 3.67. The molecule has 0 bridgehead atoms. The lowest BCUT2D eigenvalue weighted by molar-refractivity contribution is 0.147. The Balaban J connectivity index is 3.05. The molecule has 0 radical (unpaired) electrons. The quantitative estimate of drug-likeness (QED) is 0.755. The molecule has 1 rings (SSSR count). The molecule has 0 spiro atoms. The van der Waals surface area contributed by atoms with Gasteiger partial charge < -0.3 is 9.29 Å². The molecule has 1 aromatic carbocycles. The van der Waals surface area contributed by atoms with E-state index in [4.69, 9.17) is 5.11 Å². The Bertz CT molecular complexity index is 431. The Morgan fingerprint density at radius 3 is 2.21 bits per heavy atom. The van der Waals surface area contributed by atoms with Gasteiger partial charge in [0.15, 0.2) is 0 Å². The van der Waals surface area contributed by atoms with Gasteiger partial charge in [0.2, 0.25) is 0 Å². The van der Waals surface area contributed by atoms with Crippen LogP contribution >= 0.6 is 0 Å². The first-order valence-electron chi connectivity index (χ1n) is 3.66. The minimum absolute atomic E-state index is 0.175. The largest absolute Gasteiger partial charge is 0.522 e. The summed E-state index contributed by atoms with van der Waals surface area (Å²) in [5.74, 6) is 0. The Morgan fingerprint density at radius 1 is 1.29 bits per heavy atom. The molecule has 0 heterocycles. The highest BCUT2D eigenvalue weighted by molar-refractivity contribution is 7.87. The van der Waals surface area contributed by atoms with E-state index in [2.05, 4.69) is 4.18 Å². The van der Waals surface area contributed by atoms with Crippen LogP contribution in [-0.2, 0) is 14.3 Å². The van der Waals surface area contributed by atoms with E-state index in [1.165, 1.54) is 12.1 Å². The maximum atomic E-state index is 11.2. The van der Waals surface area contributed by atoms with Crippen LogP contribution in [0, 0.1) is 6.92 Å². The van der Waals surface area contributed by atoms with Crippen molar-refractivity contribution in [2.75, 3.05) is 0 Å². The number of hydrogen-bond donors (Lipinski definition) is 1. The molecule has 6 heteroatoms. The van der Waals surface area contributed by atoms with E-state index in [-0.39, 0.29) is 4.90 Å². The van der Waals surface area contributed by atoms with Crippen LogP contribution in [0.4, 0.5) is 4.79 Å². The van der Waals surface area contributed by atoms with Gasteiger partial charge in [-0.1, -0.05) is 17.7 Å². The summed E-state index contributed by atoms with van der Waals surface area (Å²) in [7, 11) is -4.18. The minimum atomic E-state index is -4.18. The van der Waals surface area contributed by atoms with Crippen LogP contribution in [0.1, 0.15) is 5.56 Å². The summed E-state index contributed by atoms with van der Waals surface area (Å²) in [6, 6.07) is 5.68. The summed E-state index contributed by atoms with van der Waals surface area (Å²) >= 11 is 0. The van der Waals surface area contributed by atoms with Crippen molar-refractivity contribution in [3.8, 4) is 0 Å². The van der Waals surface area contributed by atoms with Crippen LogP contribution in [0.3, 0.4) is 0 Å². The molecule has 0 aliphatic rings. The number of benzene rings is 1. The maximum Gasteiger partial charge on any atom is 0.522 e. The summed E-state index contributed by atoms with van der Waals surface area (Å²) in [5, 5.41) is 8.16. The van der Waals surface area contributed by atoms with Gasteiger partial charge in [-0.3, -0.25) is 0 Å². The van der Waals surface area contributed by atoms with Gasteiger partial charge in [0.1, 0.15) is 4.90 Å². The monoisotopic (exact) mass is 216 g/mol. The topological polar surface area (TPSA) is 80.7 Å². The van der Waals surface area contributed by atoms with Gasteiger partial charge in [-0.2, -0.15) is 8.42 Å². The molecule has 14 heavy (non-hydrogen) atoms. The summed E-state index contributed by atoms with van der Waals surface area (Å²) in [6.45, 7) is 1.79. The Hall–Kier alpha value is -1.56. The zero-order chi connectivity index (χ0) is 10.8. The lowest BCUT2D eigenvalue weighted by Gasteiger charge is -2.01. The molecule has 0 saturated carbocycles. The number of carbonyl (C=O) groups is 1. The lowest BCUT2D eigenvalue weighted by atomic mass is 10.2. The first-order valence-corrected chi connectivity index (χ1v) is 5.07. The fraction of sp³-hybridized carbons (Fsp3) is 0.125. The molecular weight excluding hydrogens is 208 g/mol. The molecule has 0 unspecified atom stereocenters. The van der Waals surface area contributed by atoms with Crippen molar-refractivity contribution in [1.82, 2.24) is 0 Å². The van der Waals surface area contributed by atoms with Gasteiger partial charge in [-0.05, 0) is 19.1 Å². The SMILES string of the molecule is Cc1ccc(S(=O)(=O)OC(=O)O)cc1. The molecule has 5 nitrogen and oxygen atoms in total.